The third kappa shape index (κ3) is 16.9. The van der Waals surface area contributed by atoms with Crippen molar-refractivity contribution in [3.63, 3.8) is 0 Å². The second-order valence-corrected chi connectivity index (χ2v) is 12.1. The van der Waals surface area contributed by atoms with Gasteiger partial charge in [0.25, 0.3) is 0 Å². The molecule has 0 unspecified atom stereocenters. The first kappa shape index (κ1) is 31.7. The number of rotatable bonds is 18. The molecule has 0 saturated carbocycles. The number of hydrogen-bond donors (Lipinski definition) is 0. The molecule has 0 atom stereocenters. The molecular weight excluding hydrogens is 457 g/mol. The highest BCUT2D eigenvalue weighted by molar-refractivity contribution is 6.35. The molecule has 0 N–H and O–H groups in total. The van der Waals surface area contributed by atoms with Crippen molar-refractivity contribution in [3.8, 4) is 11.5 Å². The summed E-state index contributed by atoms with van der Waals surface area (Å²) in [5.41, 5.74) is 2.70. The largest absolute Gasteiger partial charge is 0.457 e. The number of benzene rings is 2. The molecule has 0 heterocycles. The van der Waals surface area contributed by atoms with E-state index in [9.17, 15) is 0 Å². The van der Waals surface area contributed by atoms with Gasteiger partial charge in [-0.3, -0.25) is 0 Å². The van der Waals surface area contributed by atoms with Crippen LogP contribution in [0.4, 0.5) is 0 Å². The monoisotopic (exact) mass is 506 g/mol. The van der Waals surface area contributed by atoms with Crippen molar-refractivity contribution in [3.05, 3.63) is 59.7 Å². The minimum absolute atomic E-state index is 0.444. The maximum atomic E-state index is 6.46. The highest BCUT2D eigenvalue weighted by Crippen LogP contribution is 2.30. The van der Waals surface area contributed by atoms with Gasteiger partial charge in [-0.2, -0.15) is 0 Å². The van der Waals surface area contributed by atoms with Gasteiger partial charge in [0.1, 0.15) is 11.5 Å². The smallest absolute Gasteiger partial charge is 0.130 e. The van der Waals surface area contributed by atoms with Crippen molar-refractivity contribution in [2.75, 3.05) is 0 Å². The Labute approximate surface area is 224 Å². The average Bonchev–Trinajstić information content (AvgIpc) is 2.84. The van der Waals surface area contributed by atoms with Gasteiger partial charge in [0.15, 0.2) is 0 Å². The first-order chi connectivity index (χ1) is 17.1. The lowest BCUT2D eigenvalue weighted by atomic mass is 10.0. The molecule has 2 aromatic carbocycles. The van der Waals surface area contributed by atoms with Crippen LogP contribution in [-0.2, 0) is 12.8 Å². The first-order valence-electron chi connectivity index (χ1n) is 14.3. The summed E-state index contributed by atoms with van der Waals surface area (Å²) < 4.78 is 6.46. The Balaban J connectivity index is 0.00000142. The van der Waals surface area contributed by atoms with Crippen molar-refractivity contribution in [2.24, 2.45) is 0 Å². The Morgan fingerprint density at radius 3 is 1.23 bits per heavy atom. The average molecular weight is 507 g/mol. The highest BCUT2D eigenvalue weighted by atomic mass is 28.2. The lowest BCUT2D eigenvalue weighted by Gasteiger charge is -2.14. The molecule has 35 heavy (non-hydrogen) atoms. The normalized spacial score (nSPS) is 10.8. The van der Waals surface area contributed by atoms with E-state index >= 15 is 0 Å². The molecule has 192 valence electrons. The van der Waals surface area contributed by atoms with Crippen LogP contribution in [0.3, 0.4) is 0 Å². The van der Waals surface area contributed by atoms with Gasteiger partial charge in [0, 0.05) is 20.5 Å². The summed E-state index contributed by atoms with van der Waals surface area (Å²) >= 11 is 0. The van der Waals surface area contributed by atoms with E-state index in [4.69, 9.17) is 4.74 Å². The molecule has 3 heteroatoms. The van der Waals surface area contributed by atoms with E-state index in [0.29, 0.717) is 5.16 Å². The van der Waals surface area contributed by atoms with Crippen LogP contribution < -0.4 is 4.74 Å². The Morgan fingerprint density at radius 2 is 0.857 bits per heavy atom. The van der Waals surface area contributed by atoms with Crippen LogP contribution in [-0.4, -0.2) is 20.5 Å². The van der Waals surface area contributed by atoms with E-state index in [2.05, 4.69) is 82.9 Å². The third-order valence-corrected chi connectivity index (χ3v) is 6.26. The van der Waals surface area contributed by atoms with E-state index in [-0.39, 0.29) is 0 Å². The van der Waals surface area contributed by atoms with Gasteiger partial charge >= 0.3 is 0 Å². The van der Waals surface area contributed by atoms with Crippen molar-refractivity contribution < 1.29 is 4.74 Å². The predicted octanol–water partition coefficient (Wildman–Crippen LogP) is 10.2. The summed E-state index contributed by atoms with van der Waals surface area (Å²) in [7, 11) is 6.45. The van der Waals surface area contributed by atoms with E-state index < -0.39 is 0 Å². The van der Waals surface area contributed by atoms with Crippen molar-refractivity contribution in [1.29, 1.82) is 0 Å². The van der Waals surface area contributed by atoms with Crippen molar-refractivity contribution in [1.82, 2.24) is 0 Å². The van der Waals surface area contributed by atoms with Gasteiger partial charge in [-0.15, -0.1) is 0 Å². The minimum Gasteiger partial charge on any atom is -0.457 e. The van der Waals surface area contributed by atoms with E-state index in [1.807, 2.05) is 6.92 Å². The van der Waals surface area contributed by atoms with Crippen molar-refractivity contribution in [2.45, 2.75) is 129 Å². The summed E-state index contributed by atoms with van der Waals surface area (Å²) in [6.07, 6.45) is 21.1. The number of para-hydroxylation sites is 2. The second-order valence-electron chi connectivity index (χ2n) is 9.78. The molecule has 1 nitrogen and oxygen atoms in total. The molecule has 2 aromatic rings. The fourth-order valence-electron chi connectivity index (χ4n) is 4.28. The Hall–Kier alpha value is -1.33. The summed E-state index contributed by atoms with van der Waals surface area (Å²) in [6.45, 7) is 6.56. The highest BCUT2D eigenvalue weighted by Gasteiger charge is 2.08. The molecule has 6 radical (unpaired) electrons. The Kier molecular flexibility index (Phi) is 19.9. The summed E-state index contributed by atoms with van der Waals surface area (Å²) in [5, 5.41) is 0.444. The maximum absolute atomic E-state index is 6.46. The molecule has 0 aliphatic carbocycles. The van der Waals surface area contributed by atoms with Gasteiger partial charge in [0.2, 0.25) is 0 Å². The predicted molar refractivity (Wildman–Crippen MR) is 157 cm³/mol. The quantitative estimate of drug-likeness (QED) is 0.144. The second kappa shape index (κ2) is 21.9. The lowest BCUT2D eigenvalue weighted by Crippen LogP contribution is -1.96. The fourth-order valence-corrected chi connectivity index (χ4v) is 4.28. The topological polar surface area (TPSA) is 9.23 Å². The zero-order chi connectivity index (χ0) is 25.6. The molecule has 0 aromatic heterocycles. The number of aryl methyl sites for hydroxylation is 2. The number of unbranched alkanes of at least 4 members (excludes halogenated alkanes) is 12. The molecule has 0 saturated heterocycles. The van der Waals surface area contributed by atoms with Gasteiger partial charge in [-0.1, -0.05) is 139 Å². The van der Waals surface area contributed by atoms with Gasteiger partial charge < -0.3 is 4.74 Å². The molecule has 0 fully saturated rings. The van der Waals surface area contributed by atoms with Gasteiger partial charge in [0.05, 0.1) is 0 Å². The maximum Gasteiger partial charge on any atom is 0.130 e. The van der Waals surface area contributed by atoms with E-state index in [1.54, 1.807) is 0 Å². The SMILES string of the molecule is CC([Si])[Si].CCCCCCCCCc1ccccc1Oc1ccccc1CCCCCCCCC. The zero-order valence-corrected chi connectivity index (χ0v) is 24.9. The Bertz CT molecular complexity index is 682. The Morgan fingerprint density at radius 1 is 0.543 bits per heavy atom. The molecule has 0 amide bonds. The van der Waals surface area contributed by atoms with Crippen LogP contribution >= 0.6 is 0 Å². The number of hydrogen-bond acceptors (Lipinski definition) is 1. The van der Waals surface area contributed by atoms with E-state index in [1.165, 1.54) is 101 Å². The van der Waals surface area contributed by atoms with Crippen molar-refractivity contribution >= 4 is 20.5 Å². The van der Waals surface area contributed by atoms with E-state index in [0.717, 1.165) is 24.3 Å². The molecule has 0 aliphatic heterocycles. The molecule has 2 rings (SSSR count). The van der Waals surface area contributed by atoms with Crippen LogP contribution in [0.1, 0.15) is 122 Å². The third-order valence-electron chi connectivity index (χ3n) is 6.26. The van der Waals surface area contributed by atoms with Crippen LogP contribution in [0.25, 0.3) is 0 Å². The summed E-state index contributed by atoms with van der Waals surface area (Å²) in [6, 6.07) is 17.3. The van der Waals surface area contributed by atoms with Crippen LogP contribution in [0.5, 0.6) is 11.5 Å². The summed E-state index contributed by atoms with van der Waals surface area (Å²) in [5.74, 6) is 2.08. The number of ether oxygens (including phenoxy) is 1. The molecule has 0 aliphatic rings. The minimum atomic E-state index is 0.444. The lowest BCUT2D eigenvalue weighted by molar-refractivity contribution is 0.466. The fraction of sp³-hybridized carbons (Fsp3) is 0.625. The van der Waals surface area contributed by atoms with Crippen LogP contribution in [0, 0.1) is 0 Å². The van der Waals surface area contributed by atoms with Gasteiger partial charge in [-0.05, 0) is 48.9 Å². The molecule has 0 spiro atoms. The summed E-state index contributed by atoms with van der Waals surface area (Å²) in [4.78, 5) is 0. The molecular formula is C32H50OSi2. The first-order valence-corrected chi connectivity index (χ1v) is 15.5. The zero-order valence-electron chi connectivity index (χ0n) is 22.9. The van der Waals surface area contributed by atoms with Crippen LogP contribution in [0.2, 0.25) is 5.16 Å². The van der Waals surface area contributed by atoms with Gasteiger partial charge in [-0.25, -0.2) is 0 Å². The molecule has 0 bridgehead atoms. The van der Waals surface area contributed by atoms with Crippen LogP contribution in [0.15, 0.2) is 48.5 Å². The standard InChI is InChI=1S/C30H46O.C2H4Si2/c1-3-5-7-9-11-13-15-21-27-23-17-19-25-29(27)31-30-26-20-18-24-28(30)22-16-14-12-10-8-6-4-2;1-2(3)4/h17-20,23-26H,3-16,21-22H2,1-2H3;2H,1H3.